The van der Waals surface area contributed by atoms with Crippen LogP contribution >= 0.6 is 0 Å². The van der Waals surface area contributed by atoms with Crippen LogP contribution < -0.4 is 14.9 Å². The molecule has 1 aliphatic carbocycles. The molecule has 8 heteroatoms. The van der Waals surface area contributed by atoms with E-state index in [9.17, 15) is 13.2 Å². The Hall–Kier alpha value is -3.10. The Morgan fingerprint density at radius 2 is 1.78 bits per heavy atom. The largest absolute Gasteiger partial charge is 0.458 e. The molecule has 2 aromatic rings. The highest BCUT2D eigenvalue weighted by atomic mass is 32.2. The summed E-state index contributed by atoms with van der Waals surface area (Å²) in [4.78, 5) is 11.4. The normalized spacial score (nSPS) is 13.6. The first kappa shape index (κ1) is 18.7. The number of carbonyl (C=O) groups excluding carboxylic acids is 1. The number of anilines is 1. The highest BCUT2D eigenvalue weighted by Crippen LogP contribution is 2.23. The number of benzene rings is 2. The van der Waals surface area contributed by atoms with Crippen molar-refractivity contribution in [3.8, 4) is 5.75 Å². The quantitative estimate of drug-likeness (QED) is 0.522. The first-order valence-electron chi connectivity index (χ1n) is 8.20. The van der Waals surface area contributed by atoms with E-state index in [-0.39, 0.29) is 10.5 Å². The fourth-order valence-electron chi connectivity index (χ4n) is 2.55. The van der Waals surface area contributed by atoms with Crippen molar-refractivity contribution in [3.05, 3.63) is 78.1 Å². The third-order valence-electron chi connectivity index (χ3n) is 3.83. The Kier molecular flexibility index (Phi) is 5.58. The van der Waals surface area contributed by atoms with E-state index in [4.69, 9.17) is 9.94 Å². The SMILES string of the molecule is O=C(NO)c1ccccc1S(=O)(=O)Nc1ccc(OC2=CCCC=C2)cc1. The van der Waals surface area contributed by atoms with Crippen molar-refractivity contribution >= 4 is 21.6 Å². The van der Waals surface area contributed by atoms with Gasteiger partial charge >= 0.3 is 0 Å². The second-order valence-corrected chi connectivity index (χ2v) is 7.41. The summed E-state index contributed by atoms with van der Waals surface area (Å²) >= 11 is 0. The maximum absolute atomic E-state index is 12.6. The standard InChI is InChI=1S/C19H18N2O5S/c22-19(20-23)17-8-4-5-9-18(17)27(24,25)21-14-10-12-16(13-11-14)26-15-6-2-1-3-7-15/h2,4-13,21,23H,1,3H2,(H,20,22). The number of allylic oxidation sites excluding steroid dienone is 3. The zero-order valence-corrected chi connectivity index (χ0v) is 15.1. The van der Waals surface area contributed by atoms with Crippen molar-refractivity contribution in [1.82, 2.24) is 5.48 Å². The molecular formula is C19H18N2O5S. The lowest BCUT2D eigenvalue weighted by atomic mass is 10.2. The van der Waals surface area contributed by atoms with Crippen LogP contribution in [0.1, 0.15) is 23.2 Å². The molecule has 0 spiro atoms. The first-order chi connectivity index (χ1) is 13.0. The number of hydrogen-bond donors (Lipinski definition) is 3. The summed E-state index contributed by atoms with van der Waals surface area (Å²) in [7, 11) is -4.02. The molecule has 7 nitrogen and oxygen atoms in total. The van der Waals surface area contributed by atoms with E-state index in [0.29, 0.717) is 11.4 Å². The summed E-state index contributed by atoms with van der Waals surface area (Å²) in [5.74, 6) is 0.419. The van der Waals surface area contributed by atoms with Gasteiger partial charge in [0.2, 0.25) is 0 Å². The van der Waals surface area contributed by atoms with Crippen molar-refractivity contribution in [2.24, 2.45) is 0 Å². The third kappa shape index (κ3) is 4.55. The Morgan fingerprint density at radius 1 is 1.04 bits per heavy atom. The number of amides is 1. The molecule has 2 aromatic carbocycles. The maximum Gasteiger partial charge on any atom is 0.276 e. The third-order valence-corrected chi connectivity index (χ3v) is 5.27. The fourth-order valence-corrected chi connectivity index (χ4v) is 3.82. The summed E-state index contributed by atoms with van der Waals surface area (Å²) in [6, 6.07) is 12.0. The number of nitrogens with one attached hydrogen (secondary N) is 2. The average Bonchev–Trinajstić information content (AvgIpc) is 2.69. The minimum Gasteiger partial charge on any atom is -0.458 e. The molecule has 3 N–H and O–H groups in total. The van der Waals surface area contributed by atoms with E-state index in [1.807, 2.05) is 18.2 Å². The number of sulfonamides is 1. The van der Waals surface area contributed by atoms with Gasteiger partial charge in [0.1, 0.15) is 16.4 Å². The molecule has 0 aliphatic heterocycles. The van der Waals surface area contributed by atoms with Gasteiger partial charge in [-0.05, 0) is 61.4 Å². The molecule has 0 fully saturated rings. The molecule has 27 heavy (non-hydrogen) atoms. The van der Waals surface area contributed by atoms with Crippen LogP contribution in [0.2, 0.25) is 0 Å². The zero-order valence-electron chi connectivity index (χ0n) is 14.3. The van der Waals surface area contributed by atoms with Gasteiger partial charge in [0.25, 0.3) is 15.9 Å². The van der Waals surface area contributed by atoms with Crippen LogP contribution in [0.3, 0.4) is 0 Å². The lowest BCUT2D eigenvalue weighted by molar-refractivity contribution is 0.0702. The number of carbonyl (C=O) groups is 1. The first-order valence-corrected chi connectivity index (χ1v) is 9.69. The molecule has 1 amide bonds. The van der Waals surface area contributed by atoms with Gasteiger partial charge in [-0.2, -0.15) is 0 Å². The second-order valence-electron chi connectivity index (χ2n) is 5.76. The van der Waals surface area contributed by atoms with Crippen LogP contribution in [-0.2, 0) is 10.0 Å². The van der Waals surface area contributed by atoms with E-state index < -0.39 is 15.9 Å². The minimum absolute atomic E-state index is 0.163. The van der Waals surface area contributed by atoms with Crippen molar-refractivity contribution in [1.29, 1.82) is 0 Å². The van der Waals surface area contributed by atoms with Gasteiger partial charge in [0, 0.05) is 5.69 Å². The van der Waals surface area contributed by atoms with Crippen LogP contribution in [-0.4, -0.2) is 19.5 Å². The molecule has 0 radical (unpaired) electrons. The van der Waals surface area contributed by atoms with Gasteiger partial charge in [-0.1, -0.05) is 18.2 Å². The Bertz CT molecular complexity index is 995. The predicted molar refractivity (Wildman–Crippen MR) is 100 cm³/mol. The summed E-state index contributed by atoms with van der Waals surface area (Å²) < 4.78 is 33.4. The van der Waals surface area contributed by atoms with Crippen molar-refractivity contribution in [2.45, 2.75) is 17.7 Å². The lowest BCUT2D eigenvalue weighted by Gasteiger charge is -2.12. The van der Waals surface area contributed by atoms with Crippen molar-refractivity contribution < 1.29 is 23.2 Å². The lowest BCUT2D eigenvalue weighted by Crippen LogP contribution is -2.23. The molecule has 0 unspecified atom stereocenters. The molecule has 0 atom stereocenters. The fraction of sp³-hybridized carbons (Fsp3) is 0.105. The maximum atomic E-state index is 12.6. The van der Waals surface area contributed by atoms with Crippen molar-refractivity contribution in [3.63, 3.8) is 0 Å². The van der Waals surface area contributed by atoms with Gasteiger partial charge in [-0.15, -0.1) is 0 Å². The van der Waals surface area contributed by atoms with E-state index in [1.54, 1.807) is 24.3 Å². The number of ether oxygens (including phenoxy) is 1. The van der Waals surface area contributed by atoms with Gasteiger partial charge < -0.3 is 4.74 Å². The molecule has 0 aromatic heterocycles. The smallest absolute Gasteiger partial charge is 0.276 e. The summed E-state index contributed by atoms with van der Waals surface area (Å²) in [5.41, 5.74) is 1.60. The number of hydroxylamine groups is 1. The monoisotopic (exact) mass is 386 g/mol. The topological polar surface area (TPSA) is 105 Å². The molecule has 3 rings (SSSR count). The van der Waals surface area contributed by atoms with Gasteiger partial charge in [0.15, 0.2) is 0 Å². The van der Waals surface area contributed by atoms with Crippen LogP contribution in [0.4, 0.5) is 5.69 Å². The predicted octanol–water partition coefficient (Wildman–Crippen LogP) is 3.22. The molecule has 1 aliphatic rings. The number of rotatable bonds is 6. The molecular weight excluding hydrogens is 368 g/mol. The Morgan fingerprint density at radius 3 is 2.44 bits per heavy atom. The molecule has 140 valence electrons. The van der Waals surface area contributed by atoms with Crippen LogP contribution in [0.15, 0.2) is 77.4 Å². The summed E-state index contributed by atoms with van der Waals surface area (Å²) in [6.07, 6.45) is 7.81. The molecule has 0 saturated carbocycles. The molecule has 0 heterocycles. The highest BCUT2D eigenvalue weighted by molar-refractivity contribution is 7.92. The van der Waals surface area contributed by atoms with E-state index >= 15 is 0 Å². The Balaban J connectivity index is 1.78. The van der Waals surface area contributed by atoms with E-state index in [2.05, 4.69) is 4.72 Å². The average molecular weight is 386 g/mol. The zero-order chi connectivity index (χ0) is 19.3. The molecule has 0 saturated heterocycles. The van der Waals surface area contributed by atoms with Gasteiger partial charge in [-0.3, -0.25) is 14.7 Å². The highest BCUT2D eigenvalue weighted by Gasteiger charge is 2.22. The van der Waals surface area contributed by atoms with Crippen molar-refractivity contribution in [2.75, 3.05) is 4.72 Å². The van der Waals surface area contributed by atoms with E-state index in [1.165, 1.54) is 29.7 Å². The second kappa shape index (κ2) is 8.07. The minimum atomic E-state index is -4.02. The van der Waals surface area contributed by atoms with Gasteiger partial charge in [0.05, 0.1) is 5.56 Å². The number of hydrogen-bond acceptors (Lipinski definition) is 5. The van der Waals surface area contributed by atoms with Crippen LogP contribution in [0.5, 0.6) is 5.75 Å². The summed E-state index contributed by atoms with van der Waals surface area (Å²) in [6.45, 7) is 0. The molecule has 0 bridgehead atoms. The van der Waals surface area contributed by atoms with Gasteiger partial charge in [-0.25, -0.2) is 13.9 Å². The van der Waals surface area contributed by atoms with Crippen LogP contribution in [0.25, 0.3) is 0 Å². The summed E-state index contributed by atoms with van der Waals surface area (Å²) in [5, 5.41) is 8.80. The van der Waals surface area contributed by atoms with E-state index in [0.717, 1.165) is 18.6 Å². The Labute approximate surface area is 157 Å². The van der Waals surface area contributed by atoms with Crippen LogP contribution in [0, 0.1) is 0 Å².